The Kier molecular flexibility index (Phi) is 7.18. The molecular weight excluding hydrogens is 541 g/mol. The molecule has 0 N–H and O–H groups in total. The molecule has 0 unspecified atom stereocenters. The van der Waals surface area contributed by atoms with E-state index in [4.69, 9.17) is 27.9 Å². The van der Waals surface area contributed by atoms with Crippen molar-refractivity contribution in [2.75, 3.05) is 6.61 Å². The molecule has 0 bridgehead atoms. The van der Waals surface area contributed by atoms with Gasteiger partial charge < -0.3 is 9.30 Å². The zero-order valence-corrected chi connectivity index (χ0v) is 23.6. The van der Waals surface area contributed by atoms with Crippen LogP contribution in [-0.4, -0.2) is 21.7 Å². The fourth-order valence-electron chi connectivity index (χ4n) is 4.85. The van der Waals surface area contributed by atoms with Gasteiger partial charge in [-0.3, -0.25) is 9.36 Å². The van der Waals surface area contributed by atoms with Gasteiger partial charge >= 0.3 is 5.97 Å². The van der Waals surface area contributed by atoms with Gasteiger partial charge in [0.1, 0.15) is 6.04 Å². The highest BCUT2D eigenvalue weighted by atomic mass is 35.5. The number of hydrogen-bond acceptors (Lipinski definition) is 5. The van der Waals surface area contributed by atoms with Crippen LogP contribution in [0.5, 0.6) is 0 Å². The quantitative estimate of drug-likeness (QED) is 0.299. The molecule has 3 heterocycles. The molecule has 0 amide bonds. The number of carbonyl (C=O) groups is 1. The van der Waals surface area contributed by atoms with Crippen LogP contribution in [0.25, 0.3) is 11.8 Å². The first kappa shape index (κ1) is 26.2. The van der Waals surface area contributed by atoms with Crippen LogP contribution >= 0.6 is 34.5 Å². The molecule has 4 aromatic rings. The first-order valence-electron chi connectivity index (χ1n) is 12.1. The summed E-state index contributed by atoms with van der Waals surface area (Å²) in [4.78, 5) is 32.1. The highest BCUT2D eigenvalue weighted by Gasteiger charge is 2.34. The topological polar surface area (TPSA) is 65.6 Å². The van der Waals surface area contributed by atoms with Crippen molar-refractivity contribution in [1.29, 1.82) is 0 Å². The van der Waals surface area contributed by atoms with E-state index in [0.29, 0.717) is 36.2 Å². The second-order valence-electron chi connectivity index (χ2n) is 8.96. The van der Waals surface area contributed by atoms with Crippen LogP contribution in [0.2, 0.25) is 10.0 Å². The Morgan fingerprint density at radius 1 is 1.11 bits per heavy atom. The van der Waals surface area contributed by atoms with Gasteiger partial charge in [-0.1, -0.05) is 52.7 Å². The van der Waals surface area contributed by atoms with Crippen LogP contribution in [0.3, 0.4) is 0 Å². The molecule has 1 aliphatic heterocycles. The van der Waals surface area contributed by atoms with E-state index >= 15 is 0 Å². The van der Waals surface area contributed by atoms with E-state index in [1.165, 1.54) is 11.3 Å². The molecule has 38 heavy (non-hydrogen) atoms. The van der Waals surface area contributed by atoms with Gasteiger partial charge in [-0.2, -0.15) is 0 Å². The molecule has 0 saturated heterocycles. The number of thiazole rings is 1. The molecule has 0 radical (unpaired) electrons. The molecule has 0 fully saturated rings. The molecule has 1 aliphatic rings. The number of aromatic nitrogens is 2. The highest BCUT2D eigenvalue weighted by molar-refractivity contribution is 7.07. The summed E-state index contributed by atoms with van der Waals surface area (Å²) in [5.41, 5.74) is 5.11. The Bertz CT molecular complexity index is 1780. The lowest BCUT2D eigenvalue weighted by molar-refractivity contribution is -0.139. The SMILES string of the molecule is CCOC(=O)C1=C(C)N=c2s/c(=C\c3cc(C)n(-c4ccc(Cl)cc4)c3C)c(=O)n2[C@H]1c1ccccc1Cl. The predicted molar refractivity (Wildman–Crippen MR) is 152 cm³/mol. The number of rotatable bonds is 5. The maximum Gasteiger partial charge on any atom is 0.338 e. The average molecular weight is 567 g/mol. The second kappa shape index (κ2) is 10.4. The van der Waals surface area contributed by atoms with Gasteiger partial charge in [-0.05, 0) is 81.3 Å². The average Bonchev–Trinajstić information content (AvgIpc) is 3.33. The van der Waals surface area contributed by atoms with Crippen molar-refractivity contribution in [3.8, 4) is 5.69 Å². The van der Waals surface area contributed by atoms with Crippen molar-refractivity contribution in [3.05, 3.63) is 118 Å². The minimum atomic E-state index is -0.748. The molecule has 6 nitrogen and oxygen atoms in total. The van der Waals surface area contributed by atoms with Crippen LogP contribution in [-0.2, 0) is 9.53 Å². The first-order valence-corrected chi connectivity index (χ1v) is 13.7. The third-order valence-electron chi connectivity index (χ3n) is 6.56. The number of esters is 1. The first-order chi connectivity index (χ1) is 18.2. The van der Waals surface area contributed by atoms with Gasteiger partial charge in [0, 0.05) is 27.1 Å². The lowest BCUT2D eigenvalue weighted by Gasteiger charge is -2.25. The lowest BCUT2D eigenvalue weighted by Crippen LogP contribution is -2.40. The fourth-order valence-corrected chi connectivity index (χ4v) is 6.25. The summed E-state index contributed by atoms with van der Waals surface area (Å²) in [5.74, 6) is -0.514. The summed E-state index contributed by atoms with van der Waals surface area (Å²) in [5, 5.41) is 1.12. The Labute approximate surface area is 233 Å². The summed E-state index contributed by atoms with van der Waals surface area (Å²) in [6, 6.07) is 16.1. The van der Waals surface area contributed by atoms with Gasteiger partial charge in [0.05, 0.1) is 22.4 Å². The Morgan fingerprint density at radius 2 is 1.82 bits per heavy atom. The minimum absolute atomic E-state index is 0.207. The van der Waals surface area contributed by atoms with Crippen LogP contribution in [0, 0.1) is 13.8 Å². The molecule has 1 atom stereocenters. The smallest absolute Gasteiger partial charge is 0.338 e. The molecule has 0 aliphatic carbocycles. The van der Waals surface area contributed by atoms with Gasteiger partial charge in [-0.25, -0.2) is 9.79 Å². The van der Waals surface area contributed by atoms with E-state index in [-0.39, 0.29) is 12.2 Å². The van der Waals surface area contributed by atoms with Crippen molar-refractivity contribution in [3.63, 3.8) is 0 Å². The van der Waals surface area contributed by atoms with Crippen LogP contribution < -0.4 is 14.9 Å². The van der Waals surface area contributed by atoms with E-state index in [1.54, 1.807) is 24.5 Å². The fraction of sp³-hybridized carbons (Fsp3) is 0.207. The van der Waals surface area contributed by atoms with E-state index in [1.807, 2.05) is 68.5 Å². The predicted octanol–water partition coefficient (Wildman–Crippen LogP) is 5.51. The molecule has 0 saturated carbocycles. The Hall–Kier alpha value is -3.39. The zero-order valence-electron chi connectivity index (χ0n) is 21.3. The van der Waals surface area contributed by atoms with Crippen LogP contribution in [0.4, 0.5) is 0 Å². The third kappa shape index (κ3) is 4.55. The summed E-state index contributed by atoms with van der Waals surface area (Å²) in [7, 11) is 0. The largest absolute Gasteiger partial charge is 0.463 e. The Morgan fingerprint density at radius 3 is 2.50 bits per heavy atom. The summed E-state index contributed by atoms with van der Waals surface area (Å²) < 4.78 is 9.53. The van der Waals surface area contributed by atoms with Crippen molar-refractivity contribution in [2.45, 2.75) is 33.7 Å². The number of carbonyl (C=O) groups excluding carboxylic acids is 1. The molecule has 2 aromatic heterocycles. The molecular formula is C29H25Cl2N3O3S. The van der Waals surface area contributed by atoms with Crippen molar-refractivity contribution < 1.29 is 9.53 Å². The molecule has 5 rings (SSSR count). The molecule has 0 spiro atoms. The van der Waals surface area contributed by atoms with Gasteiger partial charge in [0.2, 0.25) is 0 Å². The van der Waals surface area contributed by atoms with Crippen LogP contribution in [0.15, 0.2) is 75.7 Å². The van der Waals surface area contributed by atoms with Crippen molar-refractivity contribution in [1.82, 2.24) is 9.13 Å². The summed E-state index contributed by atoms with van der Waals surface area (Å²) in [6.07, 6.45) is 1.88. The lowest BCUT2D eigenvalue weighted by atomic mass is 9.96. The van der Waals surface area contributed by atoms with E-state index in [9.17, 15) is 9.59 Å². The molecule has 9 heteroatoms. The summed E-state index contributed by atoms with van der Waals surface area (Å²) >= 11 is 13.9. The van der Waals surface area contributed by atoms with Crippen molar-refractivity contribution >= 4 is 46.6 Å². The van der Waals surface area contributed by atoms with Crippen LogP contribution in [0.1, 0.15) is 42.4 Å². The standard InChI is InChI=1S/C29H25Cl2N3O3S/c1-5-37-28(36)25-17(3)32-29-34(26(25)22-8-6-7-9-23(22)31)27(35)24(38-29)15-19-14-16(2)33(18(19)4)21-12-10-20(30)11-13-21/h6-15,26H,5H2,1-4H3/b24-15-/t26-/m0/s1. The Balaban J connectivity index is 1.70. The monoisotopic (exact) mass is 565 g/mol. The maximum absolute atomic E-state index is 13.9. The van der Waals surface area contributed by atoms with Gasteiger partial charge in [0.25, 0.3) is 5.56 Å². The van der Waals surface area contributed by atoms with Crippen molar-refractivity contribution in [2.24, 2.45) is 4.99 Å². The third-order valence-corrected chi connectivity index (χ3v) is 8.14. The number of fused-ring (bicyclic) bond motifs is 1. The molecule has 194 valence electrons. The number of hydrogen-bond donors (Lipinski definition) is 0. The second-order valence-corrected chi connectivity index (χ2v) is 10.8. The normalized spacial score (nSPS) is 15.4. The highest BCUT2D eigenvalue weighted by Crippen LogP contribution is 2.34. The van der Waals surface area contributed by atoms with Gasteiger partial charge in [-0.15, -0.1) is 0 Å². The number of aryl methyl sites for hydroxylation is 1. The number of allylic oxidation sites excluding steroid dienone is 1. The van der Waals surface area contributed by atoms with Gasteiger partial charge in [0.15, 0.2) is 4.80 Å². The number of nitrogens with zero attached hydrogens (tertiary/aromatic N) is 3. The summed E-state index contributed by atoms with van der Waals surface area (Å²) in [6.45, 7) is 7.74. The number of halogens is 2. The molecule has 2 aromatic carbocycles. The minimum Gasteiger partial charge on any atom is -0.463 e. The number of ether oxygens (including phenoxy) is 1. The van der Waals surface area contributed by atoms with E-state index in [0.717, 1.165) is 22.6 Å². The zero-order chi connectivity index (χ0) is 27.1. The van der Waals surface area contributed by atoms with E-state index in [2.05, 4.69) is 9.56 Å². The van der Waals surface area contributed by atoms with E-state index < -0.39 is 12.0 Å². The maximum atomic E-state index is 13.9. The number of benzene rings is 2.